The third-order valence-electron chi connectivity index (χ3n) is 3.46. The number of aromatic nitrogens is 1. The molecule has 4 heteroatoms. The molecule has 0 radical (unpaired) electrons. The third kappa shape index (κ3) is 2.80. The summed E-state index contributed by atoms with van der Waals surface area (Å²) in [7, 11) is 1.78. The summed E-state index contributed by atoms with van der Waals surface area (Å²) < 4.78 is 7.39. The van der Waals surface area contributed by atoms with Gasteiger partial charge in [0.1, 0.15) is 0 Å². The Kier molecular flexibility index (Phi) is 3.46. The van der Waals surface area contributed by atoms with Crippen molar-refractivity contribution >= 4 is 11.3 Å². The van der Waals surface area contributed by atoms with E-state index in [2.05, 4.69) is 31.5 Å². The Morgan fingerprint density at radius 1 is 1.47 bits per heavy atom. The summed E-state index contributed by atoms with van der Waals surface area (Å²) in [4.78, 5) is 1.97. The van der Waals surface area contributed by atoms with E-state index in [1.54, 1.807) is 18.4 Å². The fourth-order valence-corrected chi connectivity index (χ4v) is 3.10. The fourth-order valence-electron chi connectivity index (χ4n) is 2.17. The van der Waals surface area contributed by atoms with Crippen molar-refractivity contribution in [2.45, 2.75) is 51.7 Å². The predicted molar refractivity (Wildman–Crippen MR) is 70.4 cm³/mol. The fraction of sp³-hybridized carbons (Fsp3) is 0.769. The van der Waals surface area contributed by atoms with Gasteiger partial charge in [-0.1, -0.05) is 20.8 Å². The SMILES string of the molecule is CO[C@H]1C[C@@H](Cn2cc(C(C)(C)C)sc2=N)C1. The minimum absolute atomic E-state index is 0.153. The van der Waals surface area contributed by atoms with Crippen molar-refractivity contribution in [1.82, 2.24) is 4.57 Å². The molecule has 1 N–H and O–H groups in total. The molecule has 2 rings (SSSR count). The van der Waals surface area contributed by atoms with Crippen molar-refractivity contribution < 1.29 is 4.74 Å². The van der Waals surface area contributed by atoms with Gasteiger partial charge in [0.15, 0.2) is 4.80 Å². The van der Waals surface area contributed by atoms with Crippen LogP contribution in [0, 0.1) is 11.3 Å². The van der Waals surface area contributed by atoms with Crippen LogP contribution in [-0.4, -0.2) is 17.8 Å². The van der Waals surface area contributed by atoms with Gasteiger partial charge < -0.3 is 9.30 Å². The highest BCUT2D eigenvalue weighted by molar-refractivity contribution is 7.09. The molecule has 1 aromatic heterocycles. The Morgan fingerprint density at radius 3 is 2.59 bits per heavy atom. The molecule has 0 spiro atoms. The van der Waals surface area contributed by atoms with Crippen LogP contribution in [0.15, 0.2) is 6.20 Å². The maximum atomic E-state index is 8.01. The van der Waals surface area contributed by atoms with Crippen LogP contribution in [0.3, 0.4) is 0 Å². The van der Waals surface area contributed by atoms with Gasteiger partial charge in [0.25, 0.3) is 0 Å². The summed E-state index contributed by atoms with van der Waals surface area (Å²) in [6, 6.07) is 0. The van der Waals surface area contributed by atoms with E-state index < -0.39 is 0 Å². The lowest BCUT2D eigenvalue weighted by Crippen LogP contribution is -2.34. The lowest BCUT2D eigenvalue weighted by atomic mass is 9.82. The molecule has 0 bridgehead atoms. The van der Waals surface area contributed by atoms with Crippen molar-refractivity contribution in [2.24, 2.45) is 5.92 Å². The molecular weight excluding hydrogens is 232 g/mol. The summed E-state index contributed by atoms with van der Waals surface area (Å²) in [6.07, 6.45) is 4.90. The second kappa shape index (κ2) is 4.58. The van der Waals surface area contributed by atoms with Crippen molar-refractivity contribution in [3.63, 3.8) is 0 Å². The van der Waals surface area contributed by atoms with Crippen LogP contribution in [-0.2, 0) is 16.7 Å². The summed E-state index contributed by atoms with van der Waals surface area (Å²) in [5.74, 6) is 0.691. The molecule has 3 nitrogen and oxygen atoms in total. The monoisotopic (exact) mass is 254 g/mol. The highest BCUT2D eigenvalue weighted by atomic mass is 32.1. The van der Waals surface area contributed by atoms with Crippen molar-refractivity contribution in [3.8, 4) is 0 Å². The topological polar surface area (TPSA) is 38.0 Å². The normalized spacial score (nSPS) is 24.7. The molecule has 0 saturated heterocycles. The highest BCUT2D eigenvalue weighted by Gasteiger charge is 2.29. The molecule has 0 aromatic carbocycles. The molecule has 1 heterocycles. The van der Waals surface area contributed by atoms with Gasteiger partial charge in [-0.25, -0.2) is 0 Å². The lowest BCUT2D eigenvalue weighted by Gasteiger charge is -2.34. The molecule has 1 aliphatic carbocycles. The van der Waals surface area contributed by atoms with Gasteiger partial charge in [-0.15, -0.1) is 11.3 Å². The molecule has 0 atom stereocenters. The first-order valence-electron chi connectivity index (χ1n) is 6.18. The maximum absolute atomic E-state index is 8.01. The van der Waals surface area contributed by atoms with Crippen LogP contribution < -0.4 is 4.80 Å². The number of hydrogen-bond acceptors (Lipinski definition) is 3. The zero-order chi connectivity index (χ0) is 12.6. The summed E-state index contributed by atoms with van der Waals surface area (Å²) in [6.45, 7) is 7.58. The van der Waals surface area contributed by atoms with E-state index in [-0.39, 0.29) is 5.41 Å². The molecule has 1 aliphatic rings. The number of nitrogens with one attached hydrogen (secondary N) is 1. The lowest BCUT2D eigenvalue weighted by molar-refractivity contribution is -0.00465. The number of rotatable bonds is 3. The van der Waals surface area contributed by atoms with Gasteiger partial charge in [0.2, 0.25) is 0 Å². The van der Waals surface area contributed by atoms with Crippen LogP contribution >= 0.6 is 11.3 Å². The number of ether oxygens (including phenoxy) is 1. The Bertz CT molecular complexity index is 435. The van der Waals surface area contributed by atoms with Crippen LogP contribution in [0.4, 0.5) is 0 Å². The van der Waals surface area contributed by atoms with Gasteiger partial charge in [-0.2, -0.15) is 0 Å². The molecule has 1 aromatic rings. The quantitative estimate of drug-likeness (QED) is 0.885. The van der Waals surface area contributed by atoms with Crippen molar-refractivity contribution in [1.29, 1.82) is 5.41 Å². The van der Waals surface area contributed by atoms with E-state index in [1.165, 1.54) is 4.88 Å². The highest BCUT2D eigenvalue weighted by Crippen LogP contribution is 2.31. The van der Waals surface area contributed by atoms with Crippen LogP contribution in [0.5, 0.6) is 0 Å². The first kappa shape index (κ1) is 12.8. The van der Waals surface area contributed by atoms with Crippen molar-refractivity contribution in [3.05, 3.63) is 15.9 Å². The Hall–Kier alpha value is -0.610. The number of hydrogen-bond donors (Lipinski definition) is 1. The number of nitrogens with zero attached hydrogens (tertiary/aromatic N) is 1. The standard InChI is InChI=1S/C13H22N2OS/c1-13(2,3)11-8-15(12(14)17-11)7-9-5-10(6-9)16-4/h8-10,14H,5-7H2,1-4H3/t9-,10+. The molecule has 0 aliphatic heterocycles. The van der Waals surface area contributed by atoms with Gasteiger partial charge in [-0.3, -0.25) is 5.41 Å². The van der Waals surface area contributed by atoms with E-state index >= 15 is 0 Å². The predicted octanol–water partition coefficient (Wildman–Crippen LogP) is 2.75. The first-order valence-corrected chi connectivity index (χ1v) is 7.00. The Morgan fingerprint density at radius 2 is 2.12 bits per heavy atom. The zero-order valence-electron chi connectivity index (χ0n) is 11.1. The maximum Gasteiger partial charge on any atom is 0.182 e. The number of thiazole rings is 1. The van der Waals surface area contributed by atoms with E-state index in [9.17, 15) is 0 Å². The summed E-state index contributed by atoms with van der Waals surface area (Å²) in [5.41, 5.74) is 0.153. The largest absolute Gasteiger partial charge is 0.381 e. The molecule has 0 amide bonds. The zero-order valence-corrected chi connectivity index (χ0v) is 11.9. The van der Waals surface area contributed by atoms with Crippen LogP contribution in [0.1, 0.15) is 38.5 Å². The molecule has 1 saturated carbocycles. The minimum atomic E-state index is 0.153. The van der Waals surface area contributed by atoms with E-state index in [1.807, 2.05) is 0 Å². The summed E-state index contributed by atoms with van der Waals surface area (Å²) >= 11 is 1.60. The van der Waals surface area contributed by atoms with Crippen molar-refractivity contribution in [2.75, 3.05) is 7.11 Å². The molecular formula is C13H22N2OS. The third-order valence-corrected chi connectivity index (χ3v) is 4.83. The number of methoxy groups -OCH3 is 1. The van der Waals surface area contributed by atoms with Crippen LogP contribution in [0.25, 0.3) is 0 Å². The molecule has 1 fully saturated rings. The van der Waals surface area contributed by atoms with Gasteiger partial charge >= 0.3 is 0 Å². The van der Waals surface area contributed by atoms with E-state index in [0.717, 1.165) is 19.4 Å². The van der Waals surface area contributed by atoms with Gasteiger partial charge in [0, 0.05) is 24.7 Å². The van der Waals surface area contributed by atoms with E-state index in [4.69, 9.17) is 10.1 Å². The van der Waals surface area contributed by atoms with Crippen LogP contribution in [0.2, 0.25) is 0 Å². The summed E-state index contributed by atoms with van der Waals surface area (Å²) in [5, 5.41) is 8.01. The second-order valence-electron chi connectivity index (χ2n) is 6.00. The Labute approximate surface area is 107 Å². The smallest absolute Gasteiger partial charge is 0.182 e. The van der Waals surface area contributed by atoms with Gasteiger partial charge in [-0.05, 0) is 24.2 Å². The average Bonchev–Trinajstić information content (AvgIpc) is 2.52. The molecule has 96 valence electrons. The first-order chi connectivity index (χ1) is 7.90. The average molecular weight is 254 g/mol. The molecule has 17 heavy (non-hydrogen) atoms. The minimum Gasteiger partial charge on any atom is -0.381 e. The molecule has 0 unspecified atom stereocenters. The second-order valence-corrected chi connectivity index (χ2v) is 7.03. The van der Waals surface area contributed by atoms with E-state index in [0.29, 0.717) is 16.8 Å². The Balaban J connectivity index is 2.03. The van der Waals surface area contributed by atoms with Gasteiger partial charge in [0.05, 0.1) is 6.10 Å².